The lowest BCUT2D eigenvalue weighted by atomic mass is 10.0. The molecule has 0 heterocycles. The molecule has 1 N–H and O–H groups in total. The number of rotatable bonds is 5. The van der Waals surface area contributed by atoms with E-state index in [0.717, 1.165) is 0 Å². The predicted octanol–water partition coefficient (Wildman–Crippen LogP) is 2.45. The Bertz CT molecular complexity index is 376. The Kier molecular flexibility index (Phi) is 5.16. The molecule has 0 aliphatic rings. The first-order chi connectivity index (χ1) is 8.06. The van der Waals surface area contributed by atoms with Crippen LogP contribution in [-0.2, 0) is 9.53 Å². The number of hydrogen-bond donors (Lipinski definition) is 1. The average molecular weight is 235 g/mol. The molecule has 2 atom stereocenters. The van der Waals surface area contributed by atoms with E-state index in [-0.39, 0.29) is 17.9 Å². The largest absolute Gasteiger partial charge is 0.469 e. The number of methoxy groups -OCH3 is 1. The number of benzene rings is 1. The van der Waals surface area contributed by atoms with Gasteiger partial charge in [0.2, 0.25) is 0 Å². The summed E-state index contributed by atoms with van der Waals surface area (Å²) in [5.41, 5.74) is 2.53. The molecule has 0 saturated heterocycles. The molecular weight excluding hydrogens is 214 g/mol. The summed E-state index contributed by atoms with van der Waals surface area (Å²) >= 11 is 0. The molecule has 0 saturated carbocycles. The highest BCUT2D eigenvalue weighted by atomic mass is 16.5. The second kappa shape index (κ2) is 6.40. The van der Waals surface area contributed by atoms with E-state index < -0.39 is 0 Å². The molecule has 0 amide bonds. The van der Waals surface area contributed by atoms with E-state index in [4.69, 9.17) is 4.74 Å². The Balaban J connectivity index is 2.53. The molecule has 1 aromatic rings. The van der Waals surface area contributed by atoms with Gasteiger partial charge in [-0.3, -0.25) is 4.79 Å². The monoisotopic (exact) mass is 235 g/mol. The highest BCUT2D eigenvalue weighted by Gasteiger charge is 2.15. The summed E-state index contributed by atoms with van der Waals surface area (Å²) < 4.78 is 4.69. The van der Waals surface area contributed by atoms with Gasteiger partial charge < -0.3 is 10.1 Å². The van der Waals surface area contributed by atoms with Gasteiger partial charge in [-0.2, -0.15) is 0 Å². The zero-order chi connectivity index (χ0) is 12.8. The van der Waals surface area contributed by atoms with Gasteiger partial charge in [-0.1, -0.05) is 31.2 Å². The topological polar surface area (TPSA) is 38.3 Å². The van der Waals surface area contributed by atoms with Gasteiger partial charge in [-0.05, 0) is 25.0 Å². The maximum absolute atomic E-state index is 11.3. The summed E-state index contributed by atoms with van der Waals surface area (Å²) in [6, 6.07) is 8.50. The molecule has 0 fully saturated rings. The van der Waals surface area contributed by atoms with Crippen molar-refractivity contribution >= 4 is 5.97 Å². The van der Waals surface area contributed by atoms with Crippen molar-refractivity contribution in [3.05, 3.63) is 35.4 Å². The average Bonchev–Trinajstić information content (AvgIpc) is 2.35. The van der Waals surface area contributed by atoms with Crippen molar-refractivity contribution in [2.24, 2.45) is 5.92 Å². The van der Waals surface area contributed by atoms with Crippen LogP contribution in [0.3, 0.4) is 0 Å². The van der Waals surface area contributed by atoms with Gasteiger partial charge in [0.15, 0.2) is 0 Å². The van der Waals surface area contributed by atoms with Crippen LogP contribution in [-0.4, -0.2) is 19.6 Å². The van der Waals surface area contributed by atoms with Crippen LogP contribution in [0.15, 0.2) is 24.3 Å². The molecule has 0 spiro atoms. The normalized spacial score (nSPS) is 14.1. The number of carbonyl (C=O) groups is 1. The van der Waals surface area contributed by atoms with Gasteiger partial charge in [0, 0.05) is 12.6 Å². The van der Waals surface area contributed by atoms with Crippen molar-refractivity contribution < 1.29 is 9.53 Å². The lowest BCUT2D eigenvalue weighted by Crippen LogP contribution is -2.29. The van der Waals surface area contributed by atoms with Crippen molar-refractivity contribution in [1.82, 2.24) is 5.32 Å². The summed E-state index contributed by atoms with van der Waals surface area (Å²) in [6.07, 6.45) is 0. The smallest absolute Gasteiger partial charge is 0.309 e. The SMILES string of the molecule is COC(=O)C(C)CN[C@H](C)c1ccccc1C. The Labute approximate surface area is 103 Å². The van der Waals surface area contributed by atoms with E-state index in [1.807, 2.05) is 19.1 Å². The maximum Gasteiger partial charge on any atom is 0.309 e. The first-order valence-corrected chi connectivity index (χ1v) is 5.93. The van der Waals surface area contributed by atoms with Crippen molar-refractivity contribution in [3.8, 4) is 0 Å². The van der Waals surface area contributed by atoms with E-state index in [2.05, 4.69) is 31.3 Å². The second-order valence-electron chi connectivity index (χ2n) is 4.41. The van der Waals surface area contributed by atoms with Crippen LogP contribution >= 0.6 is 0 Å². The van der Waals surface area contributed by atoms with Crippen LogP contribution in [0.2, 0.25) is 0 Å². The quantitative estimate of drug-likeness (QED) is 0.797. The third kappa shape index (κ3) is 3.86. The molecule has 0 aliphatic heterocycles. The minimum Gasteiger partial charge on any atom is -0.469 e. The fraction of sp³-hybridized carbons (Fsp3) is 0.500. The van der Waals surface area contributed by atoms with Crippen LogP contribution < -0.4 is 5.32 Å². The van der Waals surface area contributed by atoms with Crippen LogP contribution in [0.5, 0.6) is 0 Å². The Hall–Kier alpha value is -1.35. The molecule has 1 unspecified atom stereocenters. The molecule has 0 aromatic heterocycles. The number of hydrogen-bond acceptors (Lipinski definition) is 3. The van der Waals surface area contributed by atoms with E-state index in [0.29, 0.717) is 6.54 Å². The van der Waals surface area contributed by atoms with Gasteiger partial charge in [-0.15, -0.1) is 0 Å². The van der Waals surface area contributed by atoms with Gasteiger partial charge in [-0.25, -0.2) is 0 Å². The fourth-order valence-corrected chi connectivity index (χ4v) is 1.82. The standard InChI is InChI=1S/C14H21NO2/c1-10-7-5-6-8-13(10)12(3)15-9-11(2)14(16)17-4/h5-8,11-12,15H,9H2,1-4H3/t11?,12-/m1/s1. The van der Waals surface area contributed by atoms with Gasteiger partial charge >= 0.3 is 5.97 Å². The third-order valence-electron chi connectivity index (χ3n) is 2.99. The van der Waals surface area contributed by atoms with Crippen molar-refractivity contribution in [3.63, 3.8) is 0 Å². The highest BCUT2D eigenvalue weighted by Crippen LogP contribution is 2.16. The van der Waals surface area contributed by atoms with E-state index >= 15 is 0 Å². The molecule has 1 aromatic carbocycles. The van der Waals surface area contributed by atoms with Crippen LogP contribution in [0.1, 0.15) is 31.0 Å². The van der Waals surface area contributed by atoms with E-state index in [1.165, 1.54) is 18.2 Å². The van der Waals surface area contributed by atoms with E-state index in [1.54, 1.807) is 0 Å². The summed E-state index contributed by atoms with van der Waals surface area (Å²) in [7, 11) is 1.42. The molecule has 0 radical (unpaired) electrons. The molecular formula is C14H21NO2. The molecule has 0 bridgehead atoms. The predicted molar refractivity (Wildman–Crippen MR) is 68.8 cm³/mol. The summed E-state index contributed by atoms with van der Waals surface area (Å²) in [4.78, 5) is 11.3. The number of esters is 1. The number of aryl methyl sites for hydroxylation is 1. The first kappa shape index (κ1) is 13.7. The Morgan fingerprint density at radius 1 is 1.35 bits per heavy atom. The van der Waals surface area contributed by atoms with E-state index in [9.17, 15) is 4.79 Å². The van der Waals surface area contributed by atoms with Crippen LogP contribution in [0.25, 0.3) is 0 Å². The minimum atomic E-state index is -0.172. The highest BCUT2D eigenvalue weighted by molar-refractivity contribution is 5.72. The molecule has 17 heavy (non-hydrogen) atoms. The number of carbonyl (C=O) groups excluding carboxylic acids is 1. The van der Waals surface area contributed by atoms with Gasteiger partial charge in [0.1, 0.15) is 0 Å². The van der Waals surface area contributed by atoms with Gasteiger partial charge in [0.05, 0.1) is 13.0 Å². The minimum absolute atomic E-state index is 0.119. The number of ether oxygens (including phenoxy) is 1. The lowest BCUT2D eigenvalue weighted by Gasteiger charge is -2.18. The second-order valence-corrected chi connectivity index (χ2v) is 4.41. The van der Waals surface area contributed by atoms with Crippen LogP contribution in [0, 0.1) is 12.8 Å². The zero-order valence-electron chi connectivity index (χ0n) is 11.0. The van der Waals surface area contributed by atoms with Gasteiger partial charge in [0.25, 0.3) is 0 Å². The summed E-state index contributed by atoms with van der Waals surface area (Å²) in [6.45, 7) is 6.69. The fourth-order valence-electron chi connectivity index (χ4n) is 1.82. The Morgan fingerprint density at radius 2 is 2.00 bits per heavy atom. The molecule has 3 nitrogen and oxygen atoms in total. The first-order valence-electron chi connectivity index (χ1n) is 5.93. The molecule has 1 rings (SSSR count). The molecule has 94 valence electrons. The molecule has 3 heteroatoms. The Morgan fingerprint density at radius 3 is 2.59 bits per heavy atom. The lowest BCUT2D eigenvalue weighted by molar-refractivity contribution is -0.144. The maximum atomic E-state index is 11.3. The third-order valence-corrected chi connectivity index (χ3v) is 2.99. The van der Waals surface area contributed by atoms with Crippen molar-refractivity contribution in [2.45, 2.75) is 26.8 Å². The van der Waals surface area contributed by atoms with Crippen molar-refractivity contribution in [1.29, 1.82) is 0 Å². The summed E-state index contributed by atoms with van der Waals surface area (Å²) in [5.74, 6) is -0.291. The zero-order valence-corrected chi connectivity index (χ0v) is 11.0. The summed E-state index contributed by atoms with van der Waals surface area (Å²) in [5, 5.41) is 3.35. The molecule has 0 aliphatic carbocycles. The number of nitrogens with one attached hydrogen (secondary N) is 1. The van der Waals surface area contributed by atoms with Crippen LogP contribution in [0.4, 0.5) is 0 Å². The van der Waals surface area contributed by atoms with Crippen molar-refractivity contribution in [2.75, 3.05) is 13.7 Å².